The molecule has 1 saturated heterocycles. The molecule has 43 heavy (non-hydrogen) atoms. The number of carbonyl (C=O) groups excluding carboxylic acids is 1. The fourth-order valence-corrected chi connectivity index (χ4v) is 6.18. The Bertz CT molecular complexity index is 1800. The summed E-state index contributed by atoms with van der Waals surface area (Å²) in [6.45, 7) is 12.4. The number of nitrogens with zero attached hydrogens (tertiary/aromatic N) is 7. The van der Waals surface area contributed by atoms with Gasteiger partial charge in [0.15, 0.2) is 5.65 Å². The third kappa shape index (κ3) is 5.07. The van der Waals surface area contributed by atoms with Gasteiger partial charge < -0.3 is 9.80 Å². The van der Waals surface area contributed by atoms with Crippen molar-refractivity contribution < 1.29 is 9.18 Å². The van der Waals surface area contributed by atoms with Gasteiger partial charge in [0.05, 0.1) is 33.2 Å². The van der Waals surface area contributed by atoms with Gasteiger partial charge in [0, 0.05) is 36.7 Å². The molecule has 0 spiro atoms. The van der Waals surface area contributed by atoms with Crippen LogP contribution in [-0.4, -0.2) is 60.5 Å². The Morgan fingerprint density at radius 3 is 2.53 bits per heavy atom. The lowest BCUT2D eigenvalue weighted by atomic mass is 10.0. The Morgan fingerprint density at radius 1 is 1.12 bits per heavy atom. The molecule has 6 rings (SSSR count). The van der Waals surface area contributed by atoms with Gasteiger partial charge in [-0.25, -0.2) is 28.7 Å². The summed E-state index contributed by atoms with van der Waals surface area (Å²) in [7, 11) is 0. The van der Waals surface area contributed by atoms with Crippen LogP contribution in [0.15, 0.2) is 54.1 Å². The smallest absolute Gasteiger partial charge is 0.349 e. The van der Waals surface area contributed by atoms with Gasteiger partial charge in [-0.15, -0.1) is 0 Å². The Labute approximate surface area is 254 Å². The molecule has 2 fully saturated rings. The maximum Gasteiger partial charge on any atom is 0.355 e. The van der Waals surface area contributed by atoms with Crippen LogP contribution in [0.2, 0.25) is 5.02 Å². The van der Waals surface area contributed by atoms with Crippen LogP contribution in [0.25, 0.3) is 28.0 Å². The molecule has 0 radical (unpaired) electrons. The molecule has 3 aromatic heterocycles. The van der Waals surface area contributed by atoms with E-state index >= 15 is 4.39 Å². The number of halogens is 2. The second-order valence-electron chi connectivity index (χ2n) is 11.7. The van der Waals surface area contributed by atoms with E-state index in [1.54, 1.807) is 35.5 Å². The lowest BCUT2D eigenvalue weighted by molar-refractivity contribution is -0.128. The van der Waals surface area contributed by atoms with E-state index in [9.17, 15) is 9.59 Å². The van der Waals surface area contributed by atoms with E-state index < -0.39 is 11.5 Å². The SMILES string of the molecule is C=CC(=O)N1C[C@H](C)N(c2nc(=O)n(-c3c(C(C)C)ncnc3C3CC3)c3nc(-c4ccccc4F)c(Cl)cc23)C[C@H]1C. The maximum absolute atomic E-state index is 15.1. The van der Waals surface area contributed by atoms with Crippen LogP contribution in [0.3, 0.4) is 0 Å². The topological polar surface area (TPSA) is 97.1 Å². The zero-order valence-corrected chi connectivity index (χ0v) is 25.3. The van der Waals surface area contributed by atoms with E-state index in [1.165, 1.54) is 16.7 Å². The number of anilines is 1. The summed E-state index contributed by atoms with van der Waals surface area (Å²) >= 11 is 6.83. The normalized spacial score (nSPS) is 18.9. The van der Waals surface area contributed by atoms with Gasteiger partial charge in [-0.2, -0.15) is 4.98 Å². The number of carbonyl (C=O) groups is 1. The van der Waals surface area contributed by atoms with Crippen LogP contribution in [0.1, 0.15) is 63.8 Å². The van der Waals surface area contributed by atoms with E-state index in [-0.39, 0.29) is 46.1 Å². The van der Waals surface area contributed by atoms with Gasteiger partial charge >= 0.3 is 5.69 Å². The van der Waals surface area contributed by atoms with E-state index in [2.05, 4.69) is 21.5 Å². The lowest BCUT2D eigenvalue weighted by Crippen LogP contribution is -2.58. The number of benzene rings is 1. The van der Waals surface area contributed by atoms with E-state index in [0.29, 0.717) is 41.3 Å². The van der Waals surface area contributed by atoms with Crippen molar-refractivity contribution in [1.82, 2.24) is 29.4 Å². The minimum atomic E-state index is -0.542. The molecule has 0 unspecified atom stereocenters. The summed E-state index contributed by atoms with van der Waals surface area (Å²) in [6.07, 6.45) is 4.78. The van der Waals surface area contributed by atoms with Crippen LogP contribution in [0, 0.1) is 5.82 Å². The summed E-state index contributed by atoms with van der Waals surface area (Å²) < 4.78 is 16.5. The number of piperazine rings is 1. The van der Waals surface area contributed by atoms with E-state index in [4.69, 9.17) is 16.6 Å². The van der Waals surface area contributed by atoms with Crippen molar-refractivity contribution in [3.63, 3.8) is 0 Å². The fourth-order valence-electron chi connectivity index (χ4n) is 5.93. The summed E-state index contributed by atoms with van der Waals surface area (Å²) in [6, 6.07) is 7.64. The largest absolute Gasteiger partial charge is 0.355 e. The number of hydrogen-bond donors (Lipinski definition) is 0. The van der Waals surface area contributed by atoms with Gasteiger partial charge in [-0.1, -0.05) is 44.2 Å². The van der Waals surface area contributed by atoms with Crippen molar-refractivity contribution >= 4 is 34.4 Å². The fraction of sp³-hybridized carbons (Fsp3) is 0.375. The molecule has 2 aliphatic rings. The molecule has 4 heterocycles. The Kier molecular flexibility index (Phi) is 7.50. The second-order valence-corrected chi connectivity index (χ2v) is 12.1. The number of amides is 1. The first kappa shape index (κ1) is 28.9. The molecule has 222 valence electrons. The quantitative estimate of drug-likeness (QED) is 0.264. The van der Waals surface area contributed by atoms with Crippen LogP contribution < -0.4 is 10.6 Å². The highest BCUT2D eigenvalue weighted by molar-refractivity contribution is 6.33. The van der Waals surface area contributed by atoms with Gasteiger partial charge in [0.25, 0.3) is 0 Å². The molecule has 0 bridgehead atoms. The number of pyridine rings is 1. The Hall–Kier alpha value is -4.18. The molecule has 1 aromatic carbocycles. The minimum absolute atomic E-state index is 0.0215. The molecule has 1 amide bonds. The lowest BCUT2D eigenvalue weighted by Gasteiger charge is -2.44. The molecule has 9 nitrogen and oxygen atoms in total. The molecule has 4 aromatic rings. The first-order valence-corrected chi connectivity index (χ1v) is 14.9. The second kappa shape index (κ2) is 11.1. The standard InChI is InChI=1S/C32H33ClFN7O2/c1-6-25(42)39-14-19(5)40(15-18(39)4)30-22-13-23(33)28(21-9-7-8-10-24(21)34)37-31(22)41(32(43)38-30)29-26(17(2)3)35-16-36-27(29)20-11-12-20/h6-10,13,16-20H,1,11-12,14-15H2,2-5H3/t18-,19+/m1/s1. The van der Waals surface area contributed by atoms with Crippen molar-refractivity contribution in [2.24, 2.45) is 0 Å². The van der Waals surface area contributed by atoms with Crippen molar-refractivity contribution in [1.29, 1.82) is 0 Å². The zero-order chi connectivity index (χ0) is 30.6. The highest BCUT2D eigenvalue weighted by atomic mass is 35.5. The van der Waals surface area contributed by atoms with Gasteiger partial charge in [0.1, 0.15) is 18.0 Å². The average Bonchev–Trinajstić information content (AvgIpc) is 3.83. The van der Waals surface area contributed by atoms with Crippen LogP contribution in [-0.2, 0) is 4.79 Å². The summed E-state index contributed by atoms with van der Waals surface area (Å²) in [5.41, 5.74) is 2.25. The molecule has 11 heteroatoms. The van der Waals surface area contributed by atoms with Gasteiger partial charge in [-0.3, -0.25) is 4.79 Å². The number of hydrogen-bond acceptors (Lipinski definition) is 7. The van der Waals surface area contributed by atoms with E-state index in [0.717, 1.165) is 18.5 Å². The van der Waals surface area contributed by atoms with Crippen LogP contribution in [0.4, 0.5) is 10.2 Å². The average molecular weight is 602 g/mol. The molecule has 1 aliphatic heterocycles. The number of fused-ring (bicyclic) bond motifs is 1. The molecule has 1 saturated carbocycles. The maximum atomic E-state index is 15.1. The van der Waals surface area contributed by atoms with Crippen molar-refractivity contribution in [3.8, 4) is 16.9 Å². The Morgan fingerprint density at radius 2 is 1.86 bits per heavy atom. The molecule has 2 atom stereocenters. The summed E-state index contributed by atoms with van der Waals surface area (Å²) in [4.78, 5) is 49.3. The molecular formula is C32H33ClFN7O2. The first-order chi connectivity index (χ1) is 20.6. The number of aromatic nitrogens is 5. The predicted octanol–water partition coefficient (Wildman–Crippen LogP) is 5.64. The van der Waals surface area contributed by atoms with E-state index in [1.807, 2.05) is 32.6 Å². The highest BCUT2D eigenvalue weighted by Crippen LogP contribution is 2.44. The van der Waals surface area contributed by atoms with Crippen LogP contribution >= 0.6 is 11.6 Å². The van der Waals surface area contributed by atoms with Gasteiger partial charge in [0.2, 0.25) is 5.91 Å². The van der Waals surface area contributed by atoms with Crippen molar-refractivity contribution in [2.75, 3.05) is 18.0 Å². The predicted molar refractivity (Wildman–Crippen MR) is 165 cm³/mol. The number of rotatable bonds is 6. The summed E-state index contributed by atoms with van der Waals surface area (Å²) in [5, 5.41) is 0.760. The van der Waals surface area contributed by atoms with Gasteiger partial charge in [-0.05, 0) is 56.9 Å². The minimum Gasteiger partial charge on any atom is -0.349 e. The van der Waals surface area contributed by atoms with Crippen molar-refractivity contribution in [2.45, 2.75) is 64.5 Å². The highest BCUT2D eigenvalue weighted by Gasteiger charge is 2.36. The zero-order valence-electron chi connectivity index (χ0n) is 24.6. The molecule has 0 N–H and O–H groups in total. The monoisotopic (exact) mass is 601 g/mol. The Balaban J connectivity index is 1.65. The summed E-state index contributed by atoms with van der Waals surface area (Å²) in [5.74, 6) is -0.0378. The first-order valence-electron chi connectivity index (χ1n) is 14.5. The van der Waals surface area contributed by atoms with Crippen LogP contribution in [0.5, 0.6) is 0 Å². The molecular weight excluding hydrogens is 569 g/mol. The third-order valence-corrected chi connectivity index (χ3v) is 8.55. The molecule has 1 aliphatic carbocycles. The van der Waals surface area contributed by atoms with Crippen molar-refractivity contribution in [3.05, 3.63) is 82.0 Å². The third-order valence-electron chi connectivity index (χ3n) is 8.26.